The van der Waals surface area contributed by atoms with Gasteiger partial charge < -0.3 is 5.11 Å². The van der Waals surface area contributed by atoms with Gasteiger partial charge in [-0.3, -0.25) is 4.98 Å². The van der Waals surface area contributed by atoms with Crippen molar-refractivity contribution in [3.63, 3.8) is 0 Å². The van der Waals surface area contributed by atoms with Crippen LogP contribution in [0.25, 0.3) is 10.9 Å². The molecule has 0 bridgehead atoms. The molecule has 2 heteroatoms. The molecule has 1 aromatic carbocycles. The number of pyridine rings is 1. The molecular formula is C16H21NO. The molecule has 1 aromatic heterocycles. The molecule has 1 heterocycles. The Morgan fingerprint density at radius 1 is 1.11 bits per heavy atom. The Morgan fingerprint density at radius 2 is 1.83 bits per heavy atom. The van der Waals surface area contributed by atoms with Gasteiger partial charge in [-0.05, 0) is 29.0 Å². The molecule has 0 amide bonds. The van der Waals surface area contributed by atoms with Crippen LogP contribution < -0.4 is 0 Å². The molecule has 2 aromatic rings. The van der Waals surface area contributed by atoms with Crippen LogP contribution in [0.5, 0.6) is 0 Å². The van der Waals surface area contributed by atoms with E-state index in [9.17, 15) is 5.11 Å². The van der Waals surface area contributed by atoms with Gasteiger partial charge in [0.05, 0.1) is 12.1 Å². The van der Waals surface area contributed by atoms with Crippen molar-refractivity contribution in [3.8, 4) is 0 Å². The Labute approximate surface area is 109 Å². The summed E-state index contributed by atoms with van der Waals surface area (Å²) in [6, 6.07) is 8.25. The number of aliphatic hydroxyl groups excluding tert-OH is 1. The first-order valence-corrected chi connectivity index (χ1v) is 6.58. The Kier molecular flexibility index (Phi) is 3.67. The van der Waals surface area contributed by atoms with Gasteiger partial charge in [0.25, 0.3) is 0 Å². The number of rotatable bonds is 3. The van der Waals surface area contributed by atoms with Crippen LogP contribution in [-0.4, -0.2) is 10.1 Å². The Bertz CT molecular complexity index is 558. The summed E-state index contributed by atoms with van der Waals surface area (Å²) >= 11 is 0. The van der Waals surface area contributed by atoms with Crippen LogP contribution in [0.1, 0.15) is 56.4 Å². The van der Waals surface area contributed by atoms with Crippen LogP contribution in [0, 0.1) is 0 Å². The lowest BCUT2D eigenvalue weighted by Crippen LogP contribution is -2.01. The third-order valence-electron chi connectivity index (χ3n) is 3.36. The third kappa shape index (κ3) is 2.25. The van der Waals surface area contributed by atoms with Crippen molar-refractivity contribution < 1.29 is 5.11 Å². The van der Waals surface area contributed by atoms with Crippen LogP contribution >= 0.6 is 0 Å². The molecule has 0 aliphatic carbocycles. The normalized spacial score (nSPS) is 11.7. The molecule has 2 rings (SSSR count). The zero-order valence-electron chi connectivity index (χ0n) is 11.6. The van der Waals surface area contributed by atoms with E-state index >= 15 is 0 Å². The molecule has 0 atom stereocenters. The summed E-state index contributed by atoms with van der Waals surface area (Å²) < 4.78 is 0. The van der Waals surface area contributed by atoms with Crippen molar-refractivity contribution in [2.24, 2.45) is 0 Å². The zero-order valence-corrected chi connectivity index (χ0v) is 11.6. The lowest BCUT2D eigenvalue weighted by atomic mass is 9.96. The second-order valence-corrected chi connectivity index (χ2v) is 5.42. The van der Waals surface area contributed by atoms with E-state index in [0.29, 0.717) is 11.8 Å². The maximum Gasteiger partial charge on any atom is 0.0743 e. The molecule has 1 N–H and O–H groups in total. The maximum atomic E-state index is 9.54. The minimum absolute atomic E-state index is 0.0697. The van der Waals surface area contributed by atoms with Gasteiger partial charge in [-0.25, -0.2) is 0 Å². The molecule has 0 saturated heterocycles. The number of nitrogens with zero attached hydrogens (tertiary/aromatic N) is 1. The van der Waals surface area contributed by atoms with E-state index in [1.807, 2.05) is 18.2 Å². The quantitative estimate of drug-likeness (QED) is 0.884. The molecule has 0 aliphatic heterocycles. The highest BCUT2D eigenvalue weighted by Gasteiger charge is 2.12. The van der Waals surface area contributed by atoms with E-state index in [4.69, 9.17) is 4.98 Å². The van der Waals surface area contributed by atoms with Crippen LogP contribution in [-0.2, 0) is 6.61 Å². The molecule has 0 radical (unpaired) electrons. The van der Waals surface area contributed by atoms with E-state index < -0.39 is 0 Å². The van der Waals surface area contributed by atoms with Gasteiger partial charge in [0.1, 0.15) is 0 Å². The Hall–Kier alpha value is -1.41. The first kappa shape index (κ1) is 13.0. The Morgan fingerprint density at radius 3 is 2.39 bits per heavy atom. The van der Waals surface area contributed by atoms with E-state index in [1.165, 1.54) is 5.56 Å². The van der Waals surface area contributed by atoms with Gasteiger partial charge in [0, 0.05) is 11.1 Å². The van der Waals surface area contributed by atoms with Gasteiger partial charge >= 0.3 is 0 Å². The van der Waals surface area contributed by atoms with E-state index in [2.05, 4.69) is 33.8 Å². The molecule has 18 heavy (non-hydrogen) atoms. The summed E-state index contributed by atoms with van der Waals surface area (Å²) in [4.78, 5) is 4.79. The summed E-state index contributed by atoms with van der Waals surface area (Å²) in [5, 5.41) is 10.6. The van der Waals surface area contributed by atoms with Crippen molar-refractivity contribution in [3.05, 3.63) is 41.1 Å². The number of para-hydroxylation sites is 1. The number of hydrogen-bond acceptors (Lipinski definition) is 2. The van der Waals surface area contributed by atoms with Crippen LogP contribution in [0.3, 0.4) is 0 Å². The summed E-state index contributed by atoms with van der Waals surface area (Å²) in [7, 11) is 0. The summed E-state index contributed by atoms with van der Waals surface area (Å²) in [5.41, 5.74) is 4.33. The number of benzene rings is 1. The molecular weight excluding hydrogens is 222 g/mol. The largest absolute Gasteiger partial charge is 0.392 e. The molecule has 96 valence electrons. The lowest BCUT2D eigenvalue weighted by molar-refractivity contribution is 0.283. The second-order valence-electron chi connectivity index (χ2n) is 5.42. The number of aliphatic hydroxyl groups is 1. The molecule has 0 unspecified atom stereocenters. The van der Waals surface area contributed by atoms with Crippen molar-refractivity contribution in [2.45, 2.75) is 46.1 Å². The highest BCUT2D eigenvalue weighted by molar-refractivity contribution is 5.85. The molecule has 0 saturated carbocycles. The maximum absolute atomic E-state index is 9.54. The third-order valence-corrected chi connectivity index (χ3v) is 3.36. The lowest BCUT2D eigenvalue weighted by Gasteiger charge is -2.14. The fourth-order valence-corrected chi connectivity index (χ4v) is 2.26. The summed E-state index contributed by atoms with van der Waals surface area (Å²) in [5.74, 6) is 0.815. The van der Waals surface area contributed by atoms with E-state index in [0.717, 1.165) is 22.2 Å². The van der Waals surface area contributed by atoms with Crippen molar-refractivity contribution in [1.29, 1.82) is 0 Å². The summed E-state index contributed by atoms with van der Waals surface area (Å²) in [6.45, 7) is 8.69. The monoisotopic (exact) mass is 243 g/mol. The predicted octanol–water partition coefficient (Wildman–Crippen LogP) is 3.97. The van der Waals surface area contributed by atoms with Crippen LogP contribution in [0.2, 0.25) is 0 Å². The molecule has 0 spiro atoms. The minimum atomic E-state index is 0.0697. The highest BCUT2D eigenvalue weighted by Crippen LogP contribution is 2.28. The van der Waals surface area contributed by atoms with Crippen molar-refractivity contribution in [1.82, 2.24) is 4.98 Å². The average molecular weight is 243 g/mol. The minimum Gasteiger partial charge on any atom is -0.392 e. The van der Waals surface area contributed by atoms with E-state index in [1.54, 1.807) is 0 Å². The smallest absolute Gasteiger partial charge is 0.0743 e. The standard InChI is InChI=1S/C16H21NO/c1-10(2)13-6-5-7-14-12(9-18)8-15(11(3)4)17-16(13)14/h5-8,10-11,18H,9H2,1-4H3. The van der Waals surface area contributed by atoms with Gasteiger partial charge in [0.2, 0.25) is 0 Å². The first-order valence-electron chi connectivity index (χ1n) is 6.58. The fraction of sp³-hybridized carbons (Fsp3) is 0.438. The van der Waals surface area contributed by atoms with Gasteiger partial charge in [-0.2, -0.15) is 0 Å². The molecule has 2 nitrogen and oxygen atoms in total. The van der Waals surface area contributed by atoms with Gasteiger partial charge in [-0.1, -0.05) is 45.9 Å². The molecule has 0 aliphatic rings. The topological polar surface area (TPSA) is 33.1 Å². The van der Waals surface area contributed by atoms with E-state index in [-0.39, 0.29) is 6.61 Å². The van der Waals surface area contributed by atoms with Crippen molar-refractivity contribution >= 4 is 10.9 Å². The fourth-order valence-electron chi connectivity index (χ4n) is 2.26. The number of hydrogen-bond donors (Lipinski definition) is 1. The summed E-state index contributed by atoms with van der Waals surface area (Å²) in [6.07, 6.45) is 0. The predicted molar refractivity (Wildman–Crippen MR) is 75.8 cm³/mol. The average Bonchev–Trinajstić information content (AvgIpc) is 2.36. The molecule has 0 fully saturated rings. The van der Waals surface area contributed by atoms with Gasteiger partial charge in [0.15, 0.2) is 0 Å². The SMILES string of the molecule is CC(C)c1cc(CO)c2cccc(C(C)C)c2n1. The number of fused-ring (bicyclic) bond motifs is 1. The Balaban J connectivity index is 2.79. The number of aromatic nitrogens is 1. The second kappa shape index (κ2) is 5.07. The first-order chi connectivity index (χ1) is 8.54. The zero-order chi connectivity index (χ0) is 13.3. The van der Waals surface area contributed by atoms with Crippen molar-refractivity contribution in [2.75, 3.05) is 0 Å². The van der Waals surface area contributed by atoms with Gasteiger partial charge in [-0.15, -0.1) is 0 Å². The van der Waals surface area contributed by atoms with Crippen LogP contribution in [0.15, 0.2) is 24.3 Å². The van der Waals surface area contributed by atoms with Crippen LogP contribution in [0.4, 0.5) is 0 Å². The highest BCUT2D eigenvalue weighted by atomic mass is 16.3.